The Morgan fingerprint density at radius 3 is 2.57 bits per heavy atom. The van der Waals surface area contributed by atoms with Crippen LogP contribution in [-0.4, -0.2) is 13.1 Å². The molecular formula is C17H17NO3. The van der Waals surface area contributed by atoms with Gasteiger partial charge in [-0.1, -0.05) is 0 Å². The van der Waals surface area contributed by atoms with Crippen molar-refractivity contribution in [3.05, 3.63) is 53.1 Å². The highest BCUT2D eigenvalue weighted by Crippen LogP contribution is 2.25. The topological polar surface area (TPSA) is 46.6 Å². The lowest BCUT2D eigenvalue weighted by molar-refractivity contribution is 0.547. The van der Waals surface area contributed by atoms with Gasteiger partial charge in [-0.25, -0.2) is 4.79 Å². The van der Waals surface area contributed by atoms with Crippen molar-refractivity contribution in [1.29, 1.82) is 0 Å². The summed E-state index contributed by atoms with van der Waals surface area (Å²) in [6, 6.07) is 11.2. The molecule has 0 fully saturated rings. The minimum Gasteiger partial charge on any atom is -0.464 e. The summed E-state index contributed by atoms with van der Waals surface area (Å²) in [7, 11) is 0. The minimum atomic E-state index is -0.380. The van der Waals surface area contributed by atoms with Gasteiger partial charge in [0.1, 0.15) is 16.9 Å². The number of benzene rings is 1. The zero-order chi connectivity index (χ0) is 14.8. The molecule has 0 amide bonds. The summed E-state index contributed by atoms with van der Waals surface area (Å²) in [5, 5.41) is 0.886. The van der Waals surface area contributed by atoms with E-state index >= 15 is 0 Å². The molecule has 108 valence electrons. The summed E-state index contributed by atoms with van der Waals surface area (Å²) in [6.07, 6.45) is 1.54. The van der Waals surface area contributed by atoms with Gasteiger partial charge in [-0.2, -0.15) is 0 Å². The second-order valence-electron chi connectivity index (χ2n) is 4.82. The van der Waals surface area contributed by atoms with Crippen molar-refractivity contribution in [3.63, 3.8) is 0 Å². The molecule has 4 heteroatoms. The largest absolute Gasteiger partial charge is 0.464 e. The Labute approximate surface area is 122 Å². The second kappa shape index (κ2) is 5.48. The van der Waals surface area contributed by atoms with Crippen LogP contribution in [0.2, 0.25) is 0 Å². The molecule has 0 radical (unpaired) electrons. The smallest absolute Gasteiger partial charge is 0.347 e. The van der Waals surface area contributed by atoms with Crippen molar-refractivity contribution in [1.82, 2.24) is 0 Å². The molecule has 2 heterocycles. The van der Waals surface area contributed by atoms with Crippen LogP contribution in [0.1, 0.15) is 13.8 Å². The van der Waals surface area contributed by atoms with Gasteiger partial charge in [-0.05, 0) is 44.2 Å². The van der Waals surface area contributed by atoms with Crippen LogP contribution in [0.25, 0.3) is 22.3 Å². The Morgan fingerprint density at radius 1 is 1.10 bits per heavy atom. The van der Waals surface area contributed by atoms with Gasteiger partial charge in [0.2, 0.25) is 0 Å². The van der Waals surface area contributed by atoms with E-state index in [2.05, 4.69) is 18.7 Å². The van der Waals surface area contributed by atoms with E-state index in [1.807, 2.05) is 24.3 Å². The highest BCUT2D eigenvalue weighted by Gasteiger charge is 2.11. The van der Waals surface area contributed by atoms with Gasteiger partial charge in [-0.3, -0.25) is 0 Å². The van der Waals surface area contributed by atoms with E-state index in [-0.39, 0.29) is 5.63 Å². The maximum Gasteiger partial charge on any atom is 0.347 e. The van der Waals surface area contributed by atoms with Crippen molar-refractivity contribution < 1.29 is 8.83 Å². The van der Waals surface area contributed by atoms with E-state index in [0.717, 1.165) is 24.2 Å². The summed E-state index contributed by atoms with van der Waals surface area (Å²) in [4.78, 5) is 14.3. The van der Waals surface area contributed by atoms with Gasteiger partial charge in [-0.15, -0.1) is 0 Å². The van der Waals surface area contributed by atoms with Gasteiger partial charge < -0.3 is 13.7 Å². The van der Waals surface area contributed by atoms with E-state index in [4.69, 9.17) is 8.83 Å². The van der Waals surface area contributed by atoms with Crippen LogP contribution in [0, 0.1) is 0 Å². The number of hydrogen-bond acceptors (Lipinski definition) is 4. The van der Waals surface area contributed by atoms with Gasteiger partial charge in [0.05, 0.1) is 6.26 Å². The SMILES string of the molecule is CCN(CC)c1ccc2cc(-c3ccco3)c(=O)oc2c1. The normalized spacial score (nSPS) is 11.0. The Kier molecular flexibility index (Phi) is 3.52. The summed E-state index contributed by atoms with van der Waals surface area (Å²) < 4.78 is 10.7. The first-order valence-corrected chi connectivity index (χ1v) is 7.09. The van der Waals surface area contributed by atoms with Crippen LogP contribution in [-0.2, 0) is 0 Å². The van der Waals surface area contributed by atoms with E-state index in [0.29, 0.717) is 16.9 Å². The molecule has 0 aliphatic carbocycles. The highest BCUT2D eigenvalue weighted by molar-refractivity contribution is 5.83. The molecule has 0 unspecified atom stereocenters. The summed E-state index contributed by atoms with van der Waals surface area (Å²) in [5.41, 5.74) is 1.72. The fourth-order valence-corrected chi connectivity index (χ4v) is 2.49. The fourth-order valence-electron chi connectivity index (χ4n) is 2.49. The molecular weight excluding hydrogens is 266 g/mol. The molecule has 3 aromatic rings. The molecule has 0 saturated heterocycles. The van der Waals surface area contributed by atoms with Gasteiger partial charge in [0.15, 0.2) is 0 Å². The molecule has 1 aromatic carbocycles. The molecule has 0 bridgehead atoms. The highest BCUT2D eigenvalue weighted by atomic mass is 16.4. The molecule has 0 atom stereocenters. The number of rotatable bonds is 4. The summed E-state index contributed by atoms with van der Waals surface area (Å²) in [5.74, 6) is 0.526. The number of hydrogen-bond donors (Lipinski definition) is 0. The first-order chi connectivity index (χ1) is 10.2. The van der Waals surface area contributed by atoms with Crippen LogP contribution >= 0.6 is 0 Å². The monoisotopic (exact) mass is 283 g/mol. The molecule has 4 nitrogen and oxygen atoms in total. The van der Waals surface area contributed by atoms with Crippen molar-refractivity contribution in [2.24, 2.45) is 0 Å². The van der Waals surface area contributed by atoms with E-state index in [1.54, 1.807) is 18.4 Å². The van der Waals surface area contributed by atoms with Crippen LogP contribution in [0.3, 0.4) is 0 Å². The quantitative estimate of drug-likeness (QED) is 0.681. The summed E-state index contributed by atoms with van der Waals surface area (Å²) in [6.45, 7) is 6.03. The molecule has 2 aromatic heterocycles. The third kappa shape index (κ3) is 2.44. The predicted molar refractivity (Wildman–Crippen MR) is 83.7 cm³/mol. The fraction of sp³-hybridized carbons (Fsp3) is 0.235. The number of anilines is 1. The molecule has 0 spiro atoms. The number of furan rings is 1. The lowest BCUT2D eigenvalue weighted by atomic mass is 10.1. The Bertz CT molecular complexity index is 799. The number of fused-ring (bicyclic) bond motifs is 1. The molecule has 0 N–H and O–H groups in total. The predicted octanol–water partition coefficient (Wildman–Crippen LogP) is 3.90. The Balaban J connectivity index is 2.13. The van der Waals surface area contributed by atoms with Crippen molar-refractivity contribution in [2.45, 2.75) is 13.8 Å². The van der Waals surface area contributed by atoms with E-state index in [9.17, 15) is 4.79 Å². The van der Waals surface area contributed by atoms with Crippen molar-refractivity contribution in [2.75, 3.05) is 18.0 Å². The average Bonchev–Trinajstić information content (AvgIpc) is 3.01. The van der Waals surface area contributed by atoms with Gasteiger partial charge in [0.25, 0.3) is 0 Å². The molecule has 0 saturated carbocycles. The lowest BCUT2D eigenvalue weighted by Gasteiger charge is -2.20. The minimum absolute atomic E-state index is 0.380. The molecule has 3 rings (SSSR count). The van der Waals surface area contributed by atoms with Crippen LogP contribution in [0.5, 0.6) is 0 Å². The second-order valence-corrected chi connectivity index (χ2v) is 4.82. The van der Waals surface area contributed by atoms with Crippen LogP contribution in [0.4, 0.5) is 5.69 Å². The molecule has 21 heavy (non-hydrogen) atoms. The summed E-state index contributed by atoms with van der Waals surface area (Å²) >= 11 is 0. The lowest BCUT2D eigenvalue weighted by Crippen LogP contribution is -2.21. The maximum absolute atomic E-state index is 12.1. The first kappa shape index (κ1) is 13.5. The van der Waals surface area contributed by atoms with E-state index < -0.39 is 0 Å². The Morgan fingerprint density at radius 2 is 1.90 bits per heavy atom. The Hall–Kier alpha value is -2.49. The third-order valence-corrected chi connectivity index (χ3v) is 3.63. The zero-order valence-electron chi connectivity index (χ0n) is 12.1. The van der Waals surface area contributed by atoms with Crippen molar-refractivity contribution in [3.8, 4) is 11.3 Å². The van der Waals surface area contributed by atoms with Crippen LogP contribution in [0.15, 0.2) is 56.3 Å². The van der Waals surface area contributed by atoms with Crippen molar-refractivity contribution >= 4 is 16.7 Å². The zero-order valence-corrected chi connectivity index (χ0v) is 12.1. The average molecular weight is 283 g/mol. The first-order valence-electron chi connectivity index (χ1n) is 7.09. The van der Waals surface area contributed by atoms with Gasteiger partial charge >= 0.3 is 5.63 Å². The maximum atomic E-state index is 12.1. The molecule has 0 aliphatic heterocycles. The molecule has 0 aliphatic rings. The van der Waals surface area contributed by atoms with Gasteiger partial charge in [0, 0.05) is 30.2 Å². The number of nitrogens with zero attached hydrogens (tertiary/aromatic N) is 1. The standard InChI is InChI=1S/C17H17NO3/c1-3-18(4-2)13-8-7-12-10-14(15-6-5-9-20-15)17(19)21-16(12)11-13/h5-11H,3-4H2,1-2H3. The van der Waals surface area contributed by atoms with Crippen LogP contribution < -0.4 is 10.5 Å². The third-order valence-electron chi connectivity index (χ3n) is 3.63. The van der Waals surface area contributed by atoms with E-state index in [1.165, 1.54) is 0 Å².